The van der Waals surface area contributed by atoms with Crippen LogP contribution in [0.15, 0.2) is 43.1 Å². The van der Waals surface area contributed by atoms with Gasteiger partial charge in [-0.1, -0.05) is 36.9 Å². The Balaban J connectivity index is 2.45. The lowest BCUT2D eigenvalue weighted by molar-refractivity contribution is -0.129. The molecular weight excluding hydrogens is 204 g/mol. The molecule has 2 rings (SSSR count). The number of nitrogens with one attached hydrogen (secondary N) is 1. The van der Waals surface area contributed by atoms with Crippen LogP contribution in [0.2, 0.25) is 0 Å². The number of rotatable bonds is 2. The van der Waals surface area contributed by atoms with Gasteiger partial charge in [0.2, 0.25) is 0 Å². The second kappa shape index (κ2) is 3.48. The summed E-state index contributed by atoms with van der Waals surface area (Å²) in [5, 5.41) is 2.66. The van der Waals surface area contributed by atoms with E-state index in [0.29, 0.717) is 0 Å². The van der Waals surface area contributed by atoms with Crippen LogP contribution in [0.3, 0.4) is 0 Å². The highest BCUT2D eigenvalue weighted by atomic mass is 16.2. The van der Waals surface area contributed by atoms with Crippen molar-refractivity contribution in [2.45, 2.75) is 12.5 Å². The zero-order chi connectivity index (χ0) is 11.8. The van der Waals surface area contributed by atoms with Crippen LogP contribution in [0.1, 0.15) is 12.5 Å². The van der Waals surface area contributed by atoms with Crippen LogP contribution in [0.4, 0.5) is 4.79 Å². The van der Waals surface area contributed by atoms with Gasteiger partial charge in [-0.05, 0) is 12.5 Å². The van der Waals surface area contributed by atoms with Crippen LogP contribution in [0.5, 0.6) is 0 Å². The number of urea groups is 1. The zero-order valence-corrected chi connectivity index (χ0v) is 8.93. The van der Waals surface area contributed by atoms with E-state index in [0.717, 1.165) is 10.5 Å². The minimum atomic E-state index is -0.994. The van der Waals surface area contributed by atoms with Crippen molar-refractivity contribution in [1.82, 2.24) is 10.2 Å². The number of carbonyl (C=O) groups is 2. The van der Waals surface area contributed by atoms with Gasteiger partial charge in [0.25, 0.3) is 5.91 Å². The first kappa shape index (κ1) is 10.4. The van der Waals surface area contributed by atoms with Crippen LogP contribution >= 0.6 is 0 Å². The Hall–Kier alpha value is -2.10. The van der Waals surface area contributed by atoms with E-state index in [1.165, 1.54) is 6.20 Å². The maximum absolute atomic E-state index is 12.0. The third-order valence-electron chi connectivity index (χ3n) is 2.76. The number of hydrogen-bond acceptors (Lipinski definition) is 2. The number of imide groups is 1. The highest BCUT2D eigenvalue weighted by molar-refractivity contribution is 6.08. The minimum absolute atomic E-state index is 0.307. The summed E-state index contributed by atoms with van der Waals surface area (Å²) in [6.07, 6.45) is 1.23. The summed E-state index contributed by atoms with van der Waals surface area (Å²) >= 11 is 0. The third-order valence-corrected chi connectivity index (χ3v) is 2.76. The molecule has 1 saturated heterocycles. The average Bonchev–Trinajstić information content (AvgIpc) is 2.52. The quantitative estimate of drug-likeness (QED) is 0.763. The molecule has 82 valence electrons. The highest BCUT2D eigenvalue weighted by Crippen LogP contribution is 2.28. The molecule has 4 heteroatoms. The summed E-state index contributed by atoms with van der Waals surface area (Å²) in [5.74, 6) is -0.307. The van der Waals surface area contributed by atoms with Gasteiger partial charge in [0.15, 0.2) is 0 Å². The normalized spacial score (nSPS) is 24.4. The molecule has 1 N–H and O–H groups in total. The Morgan fingerprint density at radius 2 is 1.94 bits per heavy atom. The highest BCUT2D eigenvalue weighted by Gasteiger charge is 2.47. The molecule has 0 bridgehead atoms. The maximum Gasteiger partial charge on any atom is 0.329 e. The molecule has 16 heavy (non-hydrogen) atoms. The molecule has 1 unspecified atom stereocenters. The van der Waals surface area contributed by atoms with Gasteiger partial charge >= 0.3 is 6.03 Å². The SMILES string of the molecule is C=CN1C(=O)NC(C)(c2ccccc2)C1=O. The lowest BCUT2D eigenvalue weighted by atomic mass is 9.92. The Labute approximate surface area is 93.6 Å². The Bertz CT molecular complexity index is 455. The van der Waals surface area contributed by atoms with E-state index in [1.807, 2.05) is 30.3 Å². The van der Waals surface area contributed by atoms with Gasteiger partial charge in [-0.3, -0.25) is 4.79 Å². The summed E-state index contributed by atoms with van der Waals surface area (Å²) in [7, 11) is 0. The molecule has 1 aromatic rings. The van der Waals surface area contributed by atoms with Gasteiger partial charge < -0.3 is 5.32 Å². The fourth-order valence-corrected chi connectivity index (χ4v) is 1.79. The fourth-order valence-electron chi connectivity index (χ4n) is 1.79. The maximum atomic E-state index is 12.0. The smallest absolute Gasteiger partial charge is 0.319 e. The number of nitrogens with zero attached hydrogens (tertiary/aromatic N) is 1. The van der Waals surface area contributed by atoms with Gasteiger partial charge in [-0.25, -0.2) is 9.69 Å². The molecule has 1 aromatic carbocycles. The molecule has 4 nitrogen and oxygen atoms in total. The van der Waals surface area contributed by atoms with Crippen LogP contribution in [0, 0.1) is 0 Å². The topological polar surface area (TPSA) is 49.4 Å². The molecule has 0 aromatic heterocycles. The lowest BCUT2D eigenvalue weighted by Gasteiger charge is -2.21. The standard InChI is InChI=1S/C12H12N2O2/c1-3-14-10(15)12(2,13-11(14)16)9-7-5-4-6-8-9/h3-8H,1H2,2H3,(H,13,16). The van der Waals surface area contributed by atoms with Crippen molar-refractivity contribution in [3.8, 4) is 0 Å². The molecule has 1 atom stereocenters. The Kier molecular flexibility index (Phi) is 2.27. The van der Waals surface area contributed by atoms with Crippen molar-refractivity contribution < 1.29 is 9.59 Å². The Morgan fingerprint density at radius 1 is 1.31 bits per heavy atom. The molecule has 3 amide bonds. The van der Waals surface area contributed by atoms with Crippen molar-refractivity contribution >= 4 is 11.9 Å². The first-order valence-electron chi connectivity index (χ1n) is 4.93. The third kappa shape index (κ3) is 1.31. The van der Waals surface area contributed by atoms with Gasteiger partial charge in [0, 0.05) is 6.20 Å². The van der Waals surface area contributed by atoms with E-state index in [9.17, 15) is 9.59 Å². The van der Waals surface area contributed by atoms with Crippen molar-refractivity contribution in [3.05, 3.63) is 48.7 Å². The molecule has 0 aliphatic carbocycles. The Morgan fingerprint density at radius 3 is 2.44 bits per heavy atom. The predicted molar refractivity (Wildman–Crippen MR) is 59.4 cm³/mol. The fraction of sp³-hybridized carbons (Fsp3) is 0.167. The van der Waals surface area contributed by atoms with Gasteiger partial charge in [-0.2, -0.15) is 0 Å². The van der Waals surface area contributed by atoms with Crippen LogP contribution < -0.4 is 5.32 Å². The van der Waals surface area contributed by atoms with Gasteiger partial charge in [-0.15, -0.1) is 0 Å². The van der Waals surface area contributed by atoms with Crippen molar-refractivity contribution in [2.24, 2.45) is 0 Å². The monoisotopic (exact) mass is 216 g/mol. The van der Waals surface area contributed by atoms with E-state index in [4.69, 9.17) is 0 Å². The molecular formula is C12H12N2O2. The number of amides is 3. The number of carbonyl (C=O) groups excluding carboxylic acids is 2. The van der Waals surface area contributed by atoms with E-state index >= 15 is 0 Å². The van der Waals surface area contributed by atoms with Crippen molar-refractivity contribution in [3.63, 3.8) is 0 Å². The molecule has 1 aliphatic heterocycles. The molecule has 0 spiro atoms. The summed E-state index contributed by atoms with van der Waals surface area (Å²) < 4.78 is 0. The average molecular weight is 216 g/mol. The number of hydrogen-bond donors (Lipinski definition) is 1. The molecule has 0 saturated carbocycles. The zero-order valence-electron chi connectivity index (χ0n) is 8.93. The number of benzene rings is 1. The van der Waals surface area contributed by atoms with E-state index in [1.54, 1.807) is 6.92 Å². The molecule has 1 heterocycles. The minimum Gasteiger partial charge on any atom is -0.319 e. The molecule has 1 fully saturated rings. The summed E-state index contributed by atoms with van der Waals surface area (Å²) in [4.78, 5) is 24.6. The predicted octanol–water partition coefficient (Wildman–Crippen LogP) is 1.60. The van der Waals surface area contributed by atoms with Crippen LogP contribution in [-0.4, -0.2) is 16.8 Å². The summed E-state index contributed by atoms with van der Waals surface area (Å²) in [6.45, 7) is 5.13. The summed E-state index contributed by atoms with van der Waals surface area (Å²) in [5.41, 5.74) is -0.232. The summed E-state index contributed by atoms with van der Waals surface area (Å²) in [6, 6.07) is 8.70. The van der Waals surface area contributed by atoms with E-state index < -0.39 is 11.6 Å². The second-order valence-corrected chi connectivity index (χ2v) is 3.78. The molecule has 1 aliphatic rings. The molecule has 0 radical (unpaired) electrons. The van der Waals surface area contributed by atoms with Crippen molar-refractivity contribution in [2.75, 3.05) is 0 Å². The van der Waals surface area contributed by atoms with E-state index in [-0.39, 0.29) is 5.91 Å². The first-order chi connectivity index (χ1) is 7.59. The van der Waals surface area contributed by atoms with E-state index in [2.05, 4.69) is 11.9 Å². The lowest BCUT2D eigenvalue weighted by Crippen LogP contribution is -2.40. The van der Waals surface area contributed by atoms with Crippen LogP contribution in [0.25, 0.3) is 0 Å². The largest absolute Gasteiger partial charge is 0.329 e. The van der Waals surface area contributed by atoms with Crippen molar-refractivity contribution in [1.29, 1.82) is 0 Å². The second-order valence-electron chi connectivity index (χ2n) is 3.78. The first-order valence-corrected chi connectivity index (χ1v) is 4.93. The van der Waals surface area contributed by atoms with Gasteiger partial charge in [0.05, 0.1) is 0 Å². The van der Waals surface area contributed by atoms with Gasteiger partial charge in [0.1, 0.15) is 5.54 Å². The van der Waals surface area contributed by atoms with Crippen LogP contribution in [-0.2, 0) is 10.3 Å².